The summed E-state index contributed by atoms with van der Waals surface area (Å²) in [6.45, 7) is 5.55. The number of nitrogens with one attached hydrogen (secondary N) is 2. The van der Waals surface area contributed by atoms with Crippen molar-refractivity contribution in [2.75, 3.05) is 6.73 Å². The van der Waals surface area contributed by atoms with E-state index in [-0.39, 0.29) is 12.6 Å². The fraction of sp³-hybridized carbons (Fsp3) is 0.500. The maximum atomic E-state index is 11.6. The Hall–Kier alpha value is -2.24. The average molecular weight is 308 g/mol. The molecule has 0 saturated carbocycles. The van der Waals surface area contributed by atoms with E-state index in [1.807, 2.05) is 24.3 Å². The van der Waals surface area contributed by atoms with Crippen LogP contribution in [0.4, 0.5) is 4.79 Å². The summed E-state index contributed by atoms with van der Waals surface area (Å²) in [4.78, 5) is 22.6. The zero-order valence-corrected chi connectivity index (χ0v) is 13.3. The van der Waals surface area contributed by atoms with Crippen molar-refractivity contribution in [3.8, 4) is 5.75 Å². The molecule has 1 aromatic rings. The lowest BCUT2D eigenvalue weighted by molar-refractivity contribution is -0.140. The van der Waals surface area contributed by atoms with E-state index in [1.54, 1.807) is 13.8 Å². The van der Waals surface area contributed by atoms with Crippen LogP contribution in [0.5, 0.6) is 5.75 Å². The van der Waals surface area contributed by atoms with Gasteiger partial charge in [-0.1, -0.05) is 39.3 Å². The number of aryl methyl sites for hydroxylation is 1. The van der Waals surface area contributed by atoms with Crippen molar-refractivity contribution in [2.45, 2.75) is 39.7 Å². The van der Waals surface area contributed by atoms with Crippen molar-refractivity contribution in [1.29, 1.82) is 0 Å². The van der Waals surface area contributed by atoms with Gasteiger partial charge in [-0.2, -0.15) is 0 Å². The van der Waals surface area contributed by atoms with Gasteiger partial charge in [-0.15, -0.1) is 0 Å². The number of ether oxygens (including phenoxy) is 1. The van der Waals surface area contributed by atoms with E-state index in [4.69, 9.17) is 9.84 Å². The molecule has 2 amide bonds. The van der Waals surface area contributed by atoms with Crippen LogP contribution in [0.25, 0.3) is 0 Å². The van der Waals surface area contributed by atoms with Gasteiger partial charge in [-0.3, -0.25) is 0 Å². The molecule has 0 bridgehead atoms. The maximum absolute atomic E-state index is 11.6. The van der Waals surface area contributed by atoms with Crippen LogP contribution in [0.15, 0.2) is 24.3 Å². The van der Waals surface area contributed by atoms with Gasteiger partial charge >= 0.3 is 12.0 Å². The number of rotatable bonds is 8. The molecule has 122 valence electrons. The first kappa shape index (κ1) is 17.8. The van der Waals surface area contributed by atoms with Gasteiger partial charge in [-0.05, 0) is 30.0 Å². The number of hydrogen-bond acceptors (Lipinski definition) is 3. The molecule has 0 aliphatic heterocycles. The average Bonchev–Trinajstić information content (AvgIpc) is 2.46. The van der Waals surface area contributed by atoms with E-state index < -0.39 is 18.0 Å². The Balaban J connectivity index is 2.36. The summed E-state index contributed by atoms with van der Waals surface area (Å²) in [5.74, 6) is -0.605. The van der Waals surface area contributed by atoms with Gasteiger partial charge in [0.15, 0.2) is 6.73 Å². The van der Waals surface area contributed by atoms with Crippen molar-refractivity contribution in [2.24, 2.45) is 5.92 Å². The van der Waals surface area contributed by atoms with Crippen LogP contribution < -0.4 is 15.4 Å². The summed E-state index contributed by atoms with van der Waals surface area (Å²) in [5.41, 5.74) is 1.24. The first-order valence-corrected chi connectivity index (χ1v) is 7.43. The maximum Gasteiger partial charge on any atom is 0.326 e. The number of urea groups is 1. The van der Waals surface area contributed by atoms with Gasteiger partial charge in [0, 0.05) is 0 Å². The van der Waals surface area contributed by atoms with E-state index in [0.717, 1.165) is 12.8 Å². The van der Waals surface area contributed by atoms with Crippen LogP contribution in [0.2, 0.25) is 0 Å². The minimum absolute atomic E-state index is 0.0244. The highest BCUT2D eigenvalue weighted by Gasteiger charge is 2.23. The highest BCUT2D eigenvalue weighted by molar-refractivity contribution is 5.82. The Morgan fingerprint density at radius 3 is 2.36 bits per heavy atom. The molecule has 0 radical (unpaired) electrons. The Kier molecular flexibility index (Phi) is 7.22. The zero-order valence-electron chi connectivity index (χ0n) is 13.3. The lowest BCUT2D eigenvalue weighted by Gasteiger charge is -2.18. The van der Waals surface area contributed by atoms with Crippen molar-refractivity contribution in [3.05, 3.63) is 29.8 Å². The molecule has 6 heteroatoms. The SMILES string of the molecule is CCCc1ccc(OCNC(=O)NC(C(=O)O)C(C)C)cc1. The van der Waals surface area contributed by atoms with E-state index in [1.165, 1.54) is 5.56 Å². The second kappa shape index (κ2) is 8.92. The van der Waals surface area contributed by atoms with Gasteiger partial charge in [0.05, 0.1) is 0 Å². The van der Waals surface area contributed by atoms with Crippen LogP contribution in [0, 0.1) is 5.92 Å². The molecule has 1 unspecified atom stereocenters. The topological polar surface area (TPSA) is 87.7 Å². The first-order valence-electron chi connectivity index (χ1n) is 7.43. The predicted octanol–water partition coefficient (Wildman–Crippen LogP) is 2.38. The molecule has 0 aromatic heterocycles. The van der Waals surface area contributed by atoms with Crippen LogP contribution in [-0.4, -0.2) is 29.9 Å². The third-order valence-corrected chi connectivity index (χ3v) is 3.15. The van der Waals surface area contributed by atoms with Crippen molar-refractivity contribution in [3.63, 3.8) is 0 Å². The third-order valence-electron chi connectivity index (χ3n) is 3.15. The normalized spacial score (nSPS) is 11.8. The summed E-state index contributed by atoms with van der Waals surface area (Å²) in [6, 6.07) is 6.17. The number of carboxylic acid groups (broad SMARTS) is 1. The molecular formula is C16H24N2O4. The second-order valence-corrected chi connectivity index (χ2v) is 5.39. The van der Waals surface area contributed by atoms with E-state index >= 15 is 0 Å². The lowest BCUT2D eigenvalue weighted by Crippen LogP contribution is -2.49. The molecule has 1 aromatic carbocycles. The highest BCUT2D eigenvalue weighted by atomic mass is 16.5. The largest absolute Gasteiger partial charge is 0.480 e. The highest BCUT2D eigenvalue weighted by Crippen LogP contribution is 2.12. The molecule has 1 rings (SSSR count). The summed E-state index contributed by atoms with van der Waals surface area (Å²) < 4.78 is 5.39. The molecule has 0 spiro atoms. The molecular weight excluding hydrogens is 284 g/mol. The van der Waals surface area contributed by atoms with Crippen molar-refractivity contribution < 1.29 is 19.4 Å². The molecule has 22 heavy (non-hydrogen) atoms. The minimum Gasteiger partial charge on any atom is -0.480 e. The molecule has 1 atom stereocenters. The molecule has 3 N–H and O–H groups in total. The van der Waals surface area contributed by atoms with E-state index in [2.05, 4.69) is 17.6 Å². The fourth-order valence-electron chi connectivity index (χ4n) is 1.93. The van der Waals surface area contributed by atoms with Crippen LogP contribution in [-0.2, 0) is 11.2 Å². The Morgan fingerprint density at radius 1 is 1.23 bits per heavy atom. The van der Waals surface area contributed by atoms with Gasteiger partial charge in [0.1, 0.15) is 11.8 Å². The van der Waals surface area contributed by atoms with Gasteiger partial charge in [-0.25, -0.2) is 9.59 Å². The van der Waals surface area contributed by atoms with Crippen molar-refractivity contribution in [1.82, 2.24) is 10.6 Å². The number of amides is 2. The second-order valence-electron chi connectivity index (χ2n) is 5.39. The monoisotopic (exact) mass is 308 g/mol. The summed E-state index contributed by atoms with van der Waals surface area (Å²) in [7, 11) is 0. The van der Waals surface area contributed by atoms with Crippen LogP contribution >= 0.6 is 0 Å². The lowest BCUT2D eigenvalue weighted by atomic mass is 10.1. The number of hydrogen-bond donors (Lipinski definition) is 3. The zero-order chi connectivity index (χ0) is 16.5. The quantitative estimate of drug-likeness (QED) is 0.643. The Labute approximate surface area is 130 Å². The van der Waals surface area contributed by atoms with Crippen molar-refractivity contribution >= 4 is 12.0 Å². The molecule has 0 heterocycles. The number of aliphatic carboxylic acids is 1. The first-order chi connectivity index (χ1) is 10.4. The van der Waals surface area contributed by atoms with Gasteiger partial charge in [0.25, 0.3) is 0 Å². The molecule has 0 aliphatic rings. The Morgan fingerprint density at radius 2 is 1.86 bits per heavy atom. The molecule has 0 saturated heterocycles. The molecule has 6 nitrogen and oxygen atoms in total. The van der Waals surface area contributed by atoms with E-state index in [9.17, 15) is 9.59 Å². The van der Waals surface area contributed by atoms with E-state index in [0.29, 0.717) is 5.75 Å². The molecule has 0 fully saturated rings. The fourth-order valence-corrected chi connectivity index (χ4v) is 1.93. The summed E-state index contributed by atoms with van der Waals surface area (Å²) in [6.07, 6.45) is 2.11. The summed E-state index contributed by atoms with van der Waals surface area (Å²) in [5, 5.41) is 13.9. The van der Waals surface area contributed by atoms with Crippen LogP contribution in [0.3, 0.4) is 0 Å². The molecule has 0 aliphatic carbocycles. The van der Waals surface area contributed by atoms with Gasteiger partial charge in [0.2, 0.25) is 0 Å². The number of carbonyl (C=O) groups excluding carboxylic acids is 1. The third kappa shape index (κ3) is 6.03. The number of carboxylic acids is 1. The minimum atomic E-state index is -1.06. The summed E-state index contributed by atoms with van der Waals surface area (Å²) >= 11 is 0. The number of benzene rings is 1. The van der Waals surface area contributed by atoms with Gasteiger partial charge < -0.3 is 20.5 Å². The predicted molar refractivity (Wildman–Crippen MR) is 83.9 cm³/mol. The van der Waals surface area contributed by atoms with Crippen LogP contribution in [0.1, 0.15) is 32.8 Å². The smallest absolute Gasteiger partial charge is 0.326 e. The number of carbonyl (C=O) groups is 2. The Bertz CT molecular complexity index is 485. The standard InChI is InChI=1S/C16H24N2O4/c1-4-5-12-6-8-13(9-7-12)22-10-17-16(21)18-14(11(2)3)15(19)20/h6-9,11,14H,4-5,10H2,1-3H3,(H,19,20)(H2,17,18,21).